The molecule has 0 saturated heterocycles. The zero-order chi connectivity index (χ0) is 11.4. The fourth-order valence-electron chi connectivity index (χ4n) is 1.73. The van der Waals surface area contributed by atoms with Crippen molar-refractivity contribution in [1.29, 1.82) is 0 Å². The van der Waals surface area contributed by atoms with Gasteiger partial charge >= 0.3 is 0 Å². The molecule has 1 N–H and O–H groups in total. The average Bonchev–Trinajstić information content (AvgIpc) is 3.10. The Bertz CT molecular complexity index is 350. The van der Waals surface area contributed by atoms with E-state index in [9.17, 15) is 0 Å². The van der Waals surface area contributed by atoms with Crippen molar-refractivity contribution in [3.8, 4) is 5.75 Å². The number of benzene rings is 1. The molecule has 0 atom stereocenters. The van der Waals surface area contributed by atoms with Crippen molar-refractivity contribution >= 4 is 11.6 Å². The molecule has 0 heterocycles. The molecule has 1 aliphatic rings. The number of nitrogens with one attached hydrogen (secondary N) is 1. The summed E-state index contributed by atoms with van der Waals surface area (Å²) < 4.78 is 5.12. The van der Waals surface area contributed by atoms with E-state index in [-0.39, 0.29) is 0 Å². The Morgan fingerprint density at radius 3 is 2.88 bits per heavy atom. The number of aryl methyl sites for hydroxylation is 1. The number of ether oxygens (including phenoxy) is 1. The standard InChI is InChI=1S/C13H18ClNO/c1-16-12-7-4-10(13(14)9-12)3-2-8-15-11-5-6-11/h4,7,9,11,15H,2-3,5-6,8H2,1H3. The van der Waals surface area contributed by atoms with Crippen molar-refractivity contribution in [2.24, 2.45) is 0 Å². The van der Waals surface area contributed by atoms with Crippen LogP contribution in [-0.4, -0.2) is 19.7 Å². The zero-order valence-corrected chi connectivity index (χ0v) is 10.4. The average molecular weight is 240 g/mol. The minimum atomic E-state index is 0.798. The summed E-state index contributed by atoms with van der Waals surface area (Å²) >= 11 is 6.16. The highest BCUT2D eigenvalue weighted by Gasteiger charge is 2.19. The lowest BCUT2D eigenvalue weighted by Gasteiger charge is -2.07. The van der Waals surface area contributed by atoms with E-state index in [0.717, 1.165) is 36.2 Å². The van der Waals surface area contributed by atoms with Crippen LogP contribution in [0.15, 0.2) is 18.2 Å². The molecule has 0 aromatic heterocycles. The molecule has 2 rings (SSSR count). The molecule has 1 aliphatic carbocycles. The van der Waals surface area contributed by atoms with Crippen LogP contribution >= 0.6 is 11.6 Å². The van der Waals surface area contributed by atoms with E-state index in [1.54, 1.807) is 7.11 Å². The Kier molecular flexibility index (Phi) is 4.08. The minimum Gasteiger partial charge on any atom is -0.497 e. The summed E-state index contributed by atoms with van der Waals surface area (Å²) in [5, 5.41) is 4.31. The summed E-state index contributed by atoms with van der Waals surface area (Å²) in [6, 6.07) is 6.70. The van der Waals surface area contributed by atoms with E-state index in [4.69, 9.17) is 16.3 Å². The fraction of sp³-hybridized carbons (Fsp3) is 0.538. The normalized spacial score (nSPS) is 15.1. The van der Waals surface area contributed by atoms with Crippen LogP contribution in [-0.2, 0) is 6.42 Å². The van der Waals surface area contributed by atoms with E-state index in [1.807, 2.05) is 12.1 Å². The molecule has 3 heteroatoms. The molecule has 2 nitrogen and oxygen atoms in total. The molecule has 1 aromatic carbocycles. The fourth-order valence-corrected chi connectivity index (χ4v) is 2.00. The van der Waals surface area contributed by atoms with Gasteiger partial charge in [-0.3, -0.25) is 0 Å². The Hall–Kier alpha value is -0.730. The maximum absolute atomic E-state index is 6.16. The van der Waals surface area contributed by atoms with Crippen molar-refractivity contribution in [3.63, 3.8) is 0 Å². The molecular formula is C13H18ClNO. The van der Waals surface area contributed by atoms with E-state index in [1.165, 1.54) is 18.4 Å². The predicted molar refractivity (Wildman–Crippen MR) is 67.3 cm³/mol. The molecule has 0 unspecified atom stereocenters. The summed E-state index contributed by atoms with van der Waals surface area (Å²) in [6.07, 6.45) is 4.87. The van der Waals surface area contributed by atoms with Gasteiger partial charge in [0, 0.05) is 11.1 Å². The topological polar surface area (TPSA) is 21.3 Å². The van der Waals surface area contributed by atoms with Gasteiger partial charge in [-0.2, -0.15) is 0 Å². The summed E-state index contributed by atoms with van der Waals surface area (Å²) in [4.78, 5) is 0. The lowest BCUT2D eigenvalue weighted by Crippen LogP contribution is -2.17. The molecule has 0 bridgehead atoms. The molecule has 88 valence electrons. The van der Waals surface area contributed by atoms with E-state index in [2.05, 4.69) is 11.4 Å². The quantitative estimate of drug-likeness (QED) is 0.771. The van der Waals surface area contributed by atoms with Gasteiger partial charge in [0.15, 0.2) is 0 Å². The smallest absolute Gasteiger partial charge is 0.120 e. The third-order valence-corrected chi connectivity index (χ3v) is 3.25. The van der Waals surface area contributed by atoms with Gasteiger partial charge in [-0.15, -0.1) is 0 Å². The summed E-state index contributed by atoms with van der Waals surface area (Å²) in [7, 11) is 1.66. The molecule has 0 aliphatic heterocycles. The number of hydrogen-bond donors (Lipinski definition) is 1. The Morgan fingerprint density at radius 2 is 2.25 bits per heavy atom. The first-order valence-electron chi connectivity index (χ1n) is 5.85. The van der Waals surface area contributed by atoms with Crippen molar-refractivity contribution in [2.45, 2.75) is 31.7 Å². The third-order valence-electron chi connectivity index (χ3n) is 2.89. The largest absolute Gasteiger partial charge is 0.497 e. The highest BCUT2D eigenvalue weighted by atomic mass is 35.5. The second-order valence-corrected chi connectivity index (χ2v) is 4.70. The third kappa shape index (κ3) is 3.39. The first-order valence-corrected chi connectivity index (χ1v) is 6.23. The second kappa shape index (κ2) is 5.55. The molecule has 16 heavy (non-hydrogen) atoms. The Balaban J connectivity index is 1.78. The van der Waals surface area contributed by atoms with Gasteiger partial charge in [0.2, 0.25) is 0 Å². The predicted octanol–water partition coefficient (Wildman–Crippen LogP) is 3.03. The number of halogens is 1. The van der Waals surface area contributed by atoms with Crippen LogP contribution in [0, 0.1) is 0 Å². The van der Waals surface area contributed by atoms with E-state index in [0.29, 0.717) is 0 Å². The second-order valence-electron chi connectivity index (χ2n) is 4.29. The first kappa shape index (κ1) is 11.7. The van der Waals surface area contributed by atoms with Crippen LogP contribution in [0.3, 0.4) is 0 Å². The first-order chi connectivity index (χ1) is 7.79. The van der Waals surface area contributed by atoms with Crippen LogP contribution in [0.4, 0.5) is 0 Å². The Labute approximate surface area is 102 Å². The molecular weight excluding hydrogens is 222 g/mol. The molecule has 1 saturated carbocycles. The van der Waals surface area contributed by atoms with Gasteiger partial charge in [0.25, 0.3) is 0 Å². The lowest BCUT2D eigenvalue weighted by molar-refractivity contribution is 0.414. The van der Waals surface area contributed by atoms with Crippen LogP contribution in [0.5, 0.6) is 5.75 Å². The number of hydrogen-bond acceptors (Lipinski definition) is 2. The maximum Gasteiger partial charge on any atom is 0.120 e. The summed E-state index contributed by atoms with van der Waals surface area (Å²) in [5.74, 6) is 0.824. The van der Waals surface area contributed by atoms with Crippen molar-refractivity contribution in [1.82, 2.24) is 5.32 Å². The van der Waals surface area contributed by atoms with Crippen LogP contribution in [0.2, 0.25) is 5.02 Å². The SMILES string of the molecule is COc1ccc(CCCNC2CC2)c(Cl)c1. The molecule has 1 aromatic rings. The molecule has 0 radical (unpaired) electrons. The monoisotopic (exact) mass is 239 g/mol. The van der Waals surface area contributed by atoms with Crippen molar-refractivity contribution in [2.75, 3.05) is 13.7 Å². The zero-order valence-electron chi connectivity index (χ0n) is 9.63. The maximum atomic E-state index is 6.16. The van der Waals surface area contributed by atoms with Crippen LogP contribution < -0.4 is 10.1 Å². The summed E-state index contributed by atoms with van der Waals surface area (Å²) in [5.41, 5.74) is 1.21. The highest BCUT2D eigenvalue weighted by Crippen LogP contribution is 2.23. The lowest BCUT2D eigenvalue weighted by atomic mass is 10.1. The number of methoxy groups -OCH3 is 1. The van der Waals surface area contributed by atoms with Gasteiger partial charge in [-0.25, -0.2) is 0 Å². The van der Waals surface area contributed by atoms with Crippen molar-refractivity contribution in [3.05, 3.63) is 28.8 Å². The summed E-state index contributed by atoms with van der Waals surface area (Å²) in [6.45, 7) is 1.09. The minimum absolute atomic E-state index is 0.798. The number of rotatable bonds is 6. The van der Waals surface area contributed by atoms with Gasteiger partial charge in [0.1, 0.15) is 5.75 Å². The highest BCUT2D eigenvalue weighted by molar-refractivity contribution is 6.31. The Morgan fingerprint density at radius 1 is 1.44 bits per heavy atom. The van der Waals surface area contributed by atoms with Crippen molar-refractivity contribution < 1.29 is 4.74 Å². The van der Waals surface area contributed by atoms with Crippen LogP contribution in [0.1, 0.15) is 24.8 Å². The molecule has 0 spiro atoms. The molecule has 0 amide bonds. The van der Waals surface area contributed by atoms with Gasteiger partial charge < -0.3 is 10.1 Å². The van der Waals surface area contributed by atoms with Gasteiger partial charge in [0.05, 0.1) is 7.11 Å². The van der Waals surface area contributed by atoms with Gasteiger partial charge in [-0.1, -0.05) is 17.7 Å². The van der Waals surface area contributed by atoms with E-state index >= 15 is 0 Å². The van der Waals surface area contributed by atoms with Gasteiger partial charge in [-0.05, 0) is 49.9 Å². The molecule has 1 fully saturated rings. The van der Waals surface area contributed by atoms with Crippen LogP contribution in [0.25, 0.3) is 0 Å². The van der Waals surface area contributed by atoms with E-state index < -0.39 is 0 Å².